The lowest BCUT2D eigenvalue weighted by molar-refractivity contribution is -0.159. The predicted molar refractivity (Wildman–Crippen MR) is 176 cm³/mol. The first kappa shape index (κ1) is 37.3. The topological polar surface area (TPSA) is 114 Å². The van der Waals surface area contributed by atoms with Crippen LogP contribution in [-0.2, 0) is 36.7 Å². The Labute approximate surface area is 269 Å². The summed E-state index contributed by atoms with van der Waals surface area (Å²) in [7, 11) is 0. The Balaban J connectivity index is 2.54. The van der Waals surface area contributed by atoms with Crippen molar-refractivity contribution in [3.63, 3.8) is 0 Å². The molecule has 0 fully saturated rings. The smallest absolute Gasteiger partial charge is 0.408 e. The zero-order chi connectivity index (χ0) is 33.9. The van der Waals surface area contributed by atoms with E-state index in [0.717, 1.165) is 17.5 Å². The van der Waals surface area contributed by atoms with Crippen molar-refractivity contribution in [1.82, 2.24) is 15.5 Å². The van der Waals surface area contributed by atoms with Crippen LogP contribution in [0.25, 0.3) is 0 Å². The maximum Gasteiger partial charge on any atom is 0.408 e. The van der Waals surface area contributed by atoms with E-state index < -0.39 is 53.2 Å². The highest BCUT2D eigenvalue weighted by molar-refractivity contribution is 5.94. The van der Waals surface area contributed by atoms with Crippen LogP contribution in [0.5, 0.6) is 0 Å². The second-order valence-electron chi connectivity index (χ2n) is 13.7. The lowest BCUT2D eigenvalue weighted by Gasteiger charge is -2.35. The standard InChI is InChI=1S/C36H53N3O6/c1-11-25-18-20-27(21-19-25)30(39(12-2)32(41)28(22-24(3)4)38-34(43)45-36(8,9)10)31(40)37-29(33(42)44-35(5,6)7)23-26-16-14-13-15-17-26/h13-21,24,28-30H,11-12,22-23H2,1-10H3,(H,37,40)(H,38,43). The molecule has 3 atom stereocenters. The molecular formula is C36H53N3O6. The van der Waals surface area contributed by atoms with E-state index in [0.29, 0.717) is 12.0 Å². The molecule has 0 heterocycles. The Hall–Kier alpha value is -3.88. The van der Waals surface area contributed by atoms with Crippen LogP contribution in [0.3, 0.4) is 0 Å². The predicted octanol–water partition coefficient (Wildman–Crippen LogP) is 6.15. The molecule has 0 aromatic heterocycles. The quantitative estimate of drug-likeness (QED) is 0.259. The Morgan fingerprint density at radius 3 is 1.82 bits per heavy atom. The molecule has 0 aliphatic carbocycles. The number of aryl methyl sites for hydroxylation is 1. The molecule has 0 radical (unpaired) electrons. The maximum absolute atomic E-state index is 14.3. The summed E-state index contributed by atoms with van der Waals surface area (Å²) < 4.78 is 11.1. The van der Waals surface area contributed by atoms with Gasteiger partial charge in [0.15, 0.2) is 0 Å². The second kappa shape index (κ2) is 16.4. The molecule has 248 valence electrons. The summed E-state index contributed by atoms with van der Waals surface area (Å²) in [5, 5.41) is 5.66. The van der Waals surface area contributed by atoms with Gasteiger partial charge in [-0.25, -0.2) is 9.59 Å². The minimum absolute atomic E-state index is 0.0612. The SMILES string of the molecule is CCc1ccc(C(C(=O)NC(Cc2ccccc2)C(=O)OC(C)(C)C)N(CC)C(=O)C(CC(C)C)NC(=O)OC(C)(C)C)cc1. The van der Waals surface area contributed by atoms with Gasteiger partial charge >= 0.3 is 12.1 Å². The highest BCUT2D eigenvalue weighted by atomic mass is 16.6. The Morgan fingerprint density at radius 1 is 0.756 bits per heavy atom. The van der Waals surface area contributed by atoms with Gasteiger partial charge in [-0.15, -0.1) is 0 Å². The fourth-order valence-electron chi connectivity index (χ4n) is 4.88. The highest BCUT2D eigenvalue weighted by Crippen LogP contribution is 2.25. The highest BCUT2D eigenvalue weighted by Gasteiger charge is 2.38. The van der Waals surface area contributed by atoms with Crippen LogP contribution in [0.4, 0.5) is 4.79 Å². The third kappa shape index (κ3) is 12.6. The summed E-state index contributed by atoms with van der Waals surface area (Å²) >= 11 is 0. The number of nitrogens with zero attached hydrogens (tertiary/aromatic N) is 1. The number of benzene rings is 2. The van der Waals surface area contributed by atoms with Crippen LogP contribution >= 0.6 is 0 Å². The average Bonchev–Trinajstić information content (AvgIpc) is 2.93. The normalized spacial score (nSPS) is 13.8. The lowest BCUT2D eigenvalue weighted by Crippen LogP contribution is -2.55. The van der Waals surface area contributed by atoms with Crippen LogP contribution in [0.2, 0.25) is 0 Å². The summed E-state index contributed by atoms with van der Waals surface area (Å²) in [6, 6.07) is 13.9. The van der Waals surface area contributed by atoms with Gasteiger partial charge < -0.3 is 25.0 Å². The van der Waals surface area contributed by atoms with E-state index in [1.807, 2.05) is 75.4 Å². The number of alkyl carbamates (subject to hydrolysis) is 1. The molecule has 0 saturated heterocycles. The van der Waals surface area contributed by atoms with Crippen molar-refractivity contribution in [2.75, 3.05) is 6.54 Å². The van der Waals surface area contributed by atoms with Crippen molar-refractivity contribution in [3.8, 4) is 0 Å². The second-order valence-corrected chi connectivity index (χ2v) is 13.7. The molecule has 2 aromatic carbocycles. The van der Waals surface area contributed by atoms with Gasteiger partial charge in [0, 0.05) is 13.0 Å². The van der Waals surface area contributed by atoms with Crippen molar-refractivity contribution in [2.24, 2.45) is 5.92 Å². The lowest BCUT2D eigenvalue weighted by atomic mass is 9.97. The number of amides is 3. The first-order chi connectivity index (χ1) is 20.9. The molecule has 9 heteroatoms. The van der Waals surface area contributed by atoms with Crippen molar-refractivity contribution < 1.29 is 28.7 Å². The third-order valence-electron chi connectivity index (χ3n) is 6.87. The van der Waals surface area contributed by atoms with E-state index in [1.54, 1.807) is 48.5 Å². The van der Waals surface area contributed by atoms with Gasteiger partial charge in [-0.1, -0.05) is 75.4 Å². The molecule has 2 N–H and O–H groups in total. The monoisotopic (exact) mass is 623 g/mol. The minimum Gasteiger partial charge on any atom is -0.458 e. The summed E-state index contributed by atoms with van der Waals surface area (Å²) in [5.74, 6) is -1.46. The Bertz CT molecular complexity index is 1260. The molecule has 0 bridgehead atoms. The molecule has 45 heavy (non-hydrogen) atoms. The first-order valence-corrected chi connectivity index (χ1v) is 15.9. The van der Waals surface area contributed by atoms with Gasteiger partial charge in [-0.2, -0.15) is 0 Å². The fraction of sp³-hybridized carbons (Fsp3) is 0.556. The van der Waals surface area contributed by atoms with E-state index >= 15 is 0 Å². The Morgan fingerprint density at radius 2 is 1.33 bits per heavy atom. The van der Waals surface area contributed by atoms with Crippen molar-refractivity contribution >= 4 is 23.9 Å². The van der Waals surface area contributed by atoms with Crippen molar-refractivity contribution in [2.45, 2.75) is 118 Å². The van der Waals surface area contributed by atoms with Crippen LogP contribution in [0.1, 0.15) is 98.4 Å². The first-order valence-electron chi connectivity index (χ1n) is 15.9. The van der Waals surface area contributed by atoms with Crippen LogP contribution in [0.15, 0.2) is 54.6 Å². The van der Waals surface area contributed by atoms with Gasteiger partial charge in [0.25, 0.3) is 0 Å². The molecule has 0 saturated carbocycles. The molecule has 2 aromatic rings. The van der Waals surface area contributed by atoms with Crippen LogP contribution in [0, 0.1) is 5.92 Å². The fourth-order valence-corrected chi connectivity index (χ4v) is 4.88. The number of hydrogen-bond donors (Lipinski definition) is 2. The van der Waals surface area contributed by atoms with E-state index in [2.05, 4.69) is 10.6 Å². The Kier molecular flexibility index (Phi) is 13.6. The largest absolute Gasteiger partial charge is 0.458 e. The number of likely N-dealkylation sites (N-methyl/N-ethyl adjacent to an activating group) is 1. The summed E-state index contributed by atoms with van der Waals surface area (Å²) in [5.41, 5.74) is 0.989. The van der Waals surface area contributed by atoms with E-state index in [-0.39, 0.29) is 18.9 Å². The summed E-state index contributed by atoms with van der Waals surface area (Å²) in [4.78, 5) is 56.2. The summed E-state index contributed by atoms with van der Waals surface area (Å²) in [6.07, 6.45) is 0.645. The molecule has 0 aliphatic rings. The van der Waals surface area contributed by atoms with E-state index in [1.165, 1.54) is 4.90 Å². The van der Waals surface area contributed by atoms with Gasteiger partial charge in [0.1, 0.15) is 29.3 Å². The molecule has 3 amide bonds. The molecule has 9 nitrogen and oxygen atoms in total. The molecule has 0 spiro atoms. The van der Waals surface area contributed by atoms with E-state index in [4.69, 9.17) is 9.47 Å². The average molecular weight is 624 g/mol. The van der Waals surface area contributed by atoms with Gasteiger partial charge in [0.05, 0.1) is 0 Å². The maximum atomic E-state index is 14.3. The zero-order valence-electron chi connectivity index (χ0n) is 28.7. The molecule has 3 unspecified atom stereocenters. The van der Waals surface area contributed by atoms with Gasteiger partial charge in [0.2, 0.25) is 11.8 Å². The molecular weight excluding hydrogens is 570 g/mol. The van der Waals surface area contributed by atoms with Gasteiger partial charge in [-0.3, -0.25) is 9.59 Å². The molecule has 0 aliphatic heterocycles. The number of carbonyl (C=O) groups excluding carboxylic acids is 4. The number of rotatable bonds is 13. The summed E-state index contributed by atoms with van der Waals surface area (Å²) in [6.45, 7) is 18.5. The van der Waals surface area contributed by atoms with Gasteiger partial charge in [-0.05, 0) is 83.9 Å². The van der Waals surface area contributed by atoms with Crippen molar-refractivity contribution in [3.05, 3.63) is 71.3 Å². The minimum atomic E-state index is -1.08. The zero-order valence-corrected chi connectivity index (χ0v) is 28.7. The number of ether oxygens (including phenoxy) is 2. The number of nitrogens with one attached hydrogen (secondary N) is 2. The van der Waals surface area contributed by atoms with Crippen LogP contribution in [-0.4, -0.2) is 58.6 Å². The van der Waals surface area contributed by atoms with Crippen molar-refractivity contribution in [1.29, 1.82) is 0 Å². The number of hydrogen-bond acceptors (Lipinski definition) is 6. The van der Waals surface area contributed by atoms with Crippen LogP contribution < -0.4 is 10.6 Å². The number of esters is 1. The number of carbonyl (C=O) groups is 4. The third-order valence-corrected chi connectivity index (χ3v) is 6.87. The van der Waals surface area contributed by atoms with E-state index in [9.17, 15) is 19.2 Å². The molecule has 2 rings (SSSR count).